The number of rotatable bonds is 4. The lowest BCUT2D eigenvalue weighted by Crippen LogP contribution is -2.51. The fourth-order valence-electron chi connectivity index (χ4n) is 4.21. The number of piperazine rings is 1. The topological polar surface area (TPSA) is 30.0 Å². The Morgan fingerprint density at radius 3 is 2.31 bits per heavy atom. The van der Waals surface area contributed by atoms with Gasteiger partial charge in [-0.05, 0) is 63.5 Å². The van der Waals surface area contributed by atoms with Gasteiger partial charge in [-0.3, -0.25) is 9.80 Å². The van der Waals surface area contributed by atoms with Gasteiger partial charge in [0.25, 0.3) is 0 Å². The summed E-state index contributed by atoms with van der Waals surface area (Å²) in [5, 5.41) is 8.77. The van der Waals surface area contributed by atoms with Crippen molar-refractivity contribution in [1.29, 1.82) is 0 Å². The molecule has 2 heterocycles. The third-order valence-electron chi connectivity index (χ3n) is 6.10. The third kappa shape index (κ3) is 5.31. The number of likely N-dealkylation sites (tertiary alicyclic amines) is 1. The van der Waals surface area contributed by atoms with Gasteiger partial charge >= 0.3 is 0 Å². The summed E-state index contributed by atoms with van der Waals surface area (Å²) in [6, 6.07) is 9.16. The van der Waals surface area contributed by atoms with Crippen LogP contribution in [0.1, 0.15) is 30.9 Å². The zero-order chi connectivity index (χ0) is 18.4. The molecule has 0 aromatic heterocycles. The fourth-order valence-corrected chi connectivity index (χ4v) is 4.21. The lowest BCUT2D eigenvalue weighted by molar-refractivity contribution is 0.0598. The van der Waals surface area contributed by atoms with Crippen LogP contribution in [0.5, 0.6) is 0 Å². The smallest absolute Gasteiger partial charge is 0.104 e. The maximum absolute atomic E-state index is 8.77. The molecule has 0 bridgehead atoms. The minimum atomic E-state index is -0.0801. The highest BCUT2D eigenvalue weighted by molar-refractivity contribution is 5.36. The summed E-state index contributed by atoms with van der Waals surface area (Å²) in [7, 11) is 2.23. The van der Waals surface area contributed by atoms with E-state index < -0.39 is 0 Å². The van der Waals surface area contributed by atoms with Gasteiger partial charge < -0.3 is 10.0 Å². The van der Waals surface area contributed by atoms with E-state index in [1.807, 2.05) is 0 Å². The number of hydrogen-bond donors (Lipinski definition) is 1. The first-order valence-electron chi connectivity index (χ1n) is 9.99. The van der Waals surface area contributed by atoms with Crippen LogP contribution in [0.2, 0.25) is 0 Å². The number of hydrogen-bond acceptors (Lipinski definition) is 4. The first-order valence-corrected chi connectivity index (χ1v) is 9.99. The van der Waals surface area contributed by atoms with Crippen molar-refractivity contribution in [2.75, 3.05) is 52.9 Å². The van der Waals surface area contributed by atoms with Gasteiger partial charge in [-0.2, -0.15) is 0 Å². The zero-order valence-electron chi connectivity index (χ0n) is 16.3. The SMILES string of the molecule is C[C@@H](C1CCN(Cc2ccc(C#CCO)cc2)CC1)N1CCN(C)CC1. The van der Waals surface area contributed by atoms with E-state index in [4.69, 9.17) is 5.11 Å². The minimum absolute atomic E-state index is 0.0801. The average molecular weight is 356 g/mol. The summed E-state index contributed by atoms with van der Waals surface area (Å²) in [5.41, 5.74) is 2.33. The van der Waals surface area contributed by atoms with E-state index in [1.165, 1.54) is 57.7 Å². The predicted octanol–water partition coefficient (Wildman–Crippen LogP) is 1.88. The lowest BCUT2D eigenvalue weighted by Gasteiger charge is -2.42. The highest BCUT2D eigenvalue weighted by Gasteiger charge is 2.29. The standard InChI is InChI=1S/C22H33N3O/c1-19(25-15-13-23(2)14-16-25)22-9-11-24(12-10-22)18-21-7-5-20(6-8-21)4-3-17-26/h5-8,19,22,26H,9-18H2,1-2H3/t19-/m0/s1. The van der Waals surface area contributed by atoms with Crippen LogP contribution in [0.4, 0.5) is 0 Å². The second-order valence-electron chi connectivity index (χ2n) is 7.85. The Labute approximate surface area is 158 Å². The summed E-state index contributed by atoms with van der Waals surface area (Å²) in [6.45, 7) is 10.7. The molecule has 1 atom stereocenters. The van der Waals surface area contributed by atoms with Gasteiger partial charge in [-0.25, -0.2) is 0 Å². The van der Waals surface area contributed by atoms with E-state index in [9.17, 15) is 0 Å². The molecule has 0 spiro atoms. The highest BCUT2D eigenvalue weighted by atomic mass is 16.2. The Kier molecular flexibility index (Phi) is 7.10. The van der Waals surface area contributed by atoms with Gasteiger partial charge in [-0.1, -0.05) is 24.0 Å². The lowest BCUT2D eigenvalue weighted by atomic mass is 9.89. The summed E-state index contributed by atoms with van der Waals surface area (Å²) >= 11 is 0. The quantitative estimate of drug-likeness (QED) is 0.836. The van der Waals surface area contributed by atoms with Crippen LogP contribution in [-0.2, 0) is 6.54 Å². The van der Waals surface area contributed by atoms with Crippen LogP contribution in [0, 0.1) is 17.8 Å². The first-order chi connectivity index (χ1) is 12.7. The van der Waals surface area contributed by atoms with Gasteiger partial charge in [0.2, 0.25) is 0 Å². The molecule has 2 aliphatic heterocycles. The summed E-state index contributed by atoms with van der Waals surface area (Å²) in [4.78, 5) is 7.72. The molecule has 1 N–H and O–H groups in total. The van der Waals surface area contributed by atoms with Crippen molar-refractivity contribution in [3.05, 3.63) is 35.4 Å². The van der Waals surface area contributed by atoms with Crippen LogP contribution in [0.15, 0.2) is 24.3 Å². The molecule has 26 heavy (non-hydrogen) atoms. The van der Waals surface area contributed by atoms with Crippen molar-refractivity contribution in [3.63, 3.8) is 0 Å². The molecule has 4 nitrogen and oxygen atoms in total. The van der Waals surface area contributed by atoms with Crippen LogP contribution in [-0.4, -0.2) is 78.8 Å². The van der Waals surface area contributed by atoms with E-state index in [0.29, 0.717) is 0 Å². The number of aliphatic hydroxyl groups is 1. The molecule has 2 aliphatic rings. The monoisotopic (exact) mass is 355 g/mol. The number of nitrogens with zero attached hydrogens (tertiary/aromatic N) is 3. The zero-order valence-corrected chi connectivity index (χ0v) is 16.3. The maximum Gasteiger partial charge on any atom is 0.104 e. The molecular formula is C22H33N3O. The number of benzene rings is 1. The van der Waals surface area contributed by atoms with Crippen molar-refractivity contribution in [1.82, 2.24) is 14.7 Å². The highest BCUT2D eigenvalue weighted by Crippen LogP contribution is 2.25. The first kappa shape index (κ1) is 19.4. The normalized spacial score (nSPS) is 22.0. The number of piperidine rings is 1. The molecule has 0 saturated carbocycles. The summed E-state index contributed by atoms with van der Waals surface area (Å²) in [5.74, 6) is 6.49. The summed E-state index contributed by atoms with van der Waals surface area (Å²) in [6.07, 6.45) is 2.63. The van der Waals surface area contributed by atoms with Crippen LogP contribution in [0.3, 0.4) is 0 Å². The maximum atomic E-state index is 8.77. The largest absolute Gasteiger partial charge is 0.384 e. The van der Waals surface area contributed by atoms with Crippen LogP contribution < -0.4 is 0 Å². The summed E-state index contributed by atoms with van der Waals surface area (Å²) < 4.78 is 0. The van der Waals surface area contributed by atoms with E-state index >= 15 is 0 Å². The van der Waals surface area contributed by atoms with Gasteiger partial charge in [0.1, 0.15) is 6.61 Å². The molecule has 142 valence electrons. The molecule has 0 radical (unpaired) electrons. The molecule has 2 fully saturated rings. The average Bonchev–Trinajstić information content (AvgIpc) is 2.68. The fraction of sp³-hybridized carbons (Fsp3) is 0.636. The van der Waals surface area contributed by atoms with Crippen molar-refractivity contribution in [3.8, 4) is 11.8 Å². The molecule has 4 heteroatoms. The Balaban J connectivity index is 1.44. The molecule has 2 saturated heterocycles. The molecule has 0 amide bonds. The van der Waals surface area contributed by atoms with Crippen LogP contribution >= 0.6 is 0 Å². The van der Waals surface area contributed by atoms with Crippen molar-refractivity contribution in [2.24, 2.45) is 5.92 Å². The second-order valence-corrected chi connectivity index (χ2v) is 7.85. The Morgan fingerprint density at radius 1 is 1.04 bits per heavy atom. The number of likely N-dealkylation sites (N-methyl/N-ethyl adjacent to an activating group) is 1. The van der Waals surface area contributed by atoms with E-state index in [2.05, 4.69) is 64.8 Å². The molecule has 1 aromatic carbocycles. The Morgan fingerprint density at radius 2 is 1.69 bits per heavy atom. The van der Waals surface area contributed by atoms with Gasteiger partial charge in [0, 0.05) is 44.3 Å². The molecule has 3 rings (SSSR count). The Bertz CT molecular complexity index is 603. The molecular weight excluding hydrogens is 322 g/mol. The van der Waals surface area contributed by atoms with Gasteiger partial charge in [0.05, 0.1) is 0 Å². The molecule has 0 unspecified atom stereocenters. The second kappa shape index (κ2) is 9.53. The van der Waals surface area contributed by atoms with Crippen molar-refractivity contribution in [2.45, 2.75) is 32.4 Å². The van der Waals surface area contributed by atoms with Crippen molar-refractivity contribution >= 4 is 0 Å². The predicted molar refractivity (Wildman–Crippen MR) is 107 cm³/mol. The molecule has 0 aliphatic carbocycles. The van der Waals surface area contributed by atoms with E-state index in [0.717, 1.165) is 24.1 Å². The van der Waals surface area contributed by atoms with E-state index in [-0.39, 0.29) is 6.61 Å². The third-order valence-corrected chi connectivity index (χ3v) is 6.10. The van der Waals surface area contributed by atoms with Crippen molar-refractivity contribution < 1.29 is 5.11 Å². The van der Waals surface area contributed by atoms with Gasteiger partial charge in [0.15, 0.2) is 0 Å². The van der Waals surface area contributed by atoms with Gasteiger partial charge in [-0.15, -0.1) is 0 Å². The molecule has 1 aromatic rings. The minimum Gasteiger partial charge on any atom is -0.384 e. The number of aliphatic hydroxyl groups excluding tert-OH is 1. The van der Waals surface area contributed by atoms with E-state index in [1.54, 1.807) is 0 Å². The van der Waals surface area contributed by atoms with Crippen LogP contribution in [0.25, 0.3) is 0 Å². The Hall–Kier alpha value is -1.38.